The molecule has 3 heteroatoms. The molecule has 0 aromatic heterocycles. The summed E-state index contributed by atoms with van der Waals surface area (Å²) >= 11 is 1.28. The third-order valence-electron chi connectivity index (χ3n) is 1.45. The molecule has 0 rings (SSSR count). The van der Waals surface area contributed by atoms with Gasteiger partial charge in [0.05, 0.1) is 6.10 Å². The molecule has 0 aromatic carbocycles. The summed E-state index contributed by atoms with van der Waals surface area (Å²) in [6, 6.07) is 0. The van der Waals surface area contributed by atoms with Gasteiger partial charge >= 0.3 is 0 Å². The first-order valence-corrected chi connectivity index (χ1v) is 4.90. The molecule has 0 aliphatic heterocycles. The molecule has 0 spiro atoms. The van der Waals surface area contributed by atoms with Crippen molar-refractivity contribution in [3.63, 3.8) is 0 Å². The standard InChI is InChI=1S/C8H16O2S/c1-4-11-8(10)5-7(9)6(2)3/h6-7,9H,4-5H2,1-3H3. The maximum Gasteiger partial charge on any atom is 0.191 e. The Morgan fingerprint density at radius 2 is 2.09 bits per heavy atom. The van der Waals surface area contributed by atoms with Crippen LogP contribution in [-0.2, 0) is 4.79 Å². The number of carbonyl (C=O) groups excluding carboxylic acids is 1. The zero-order valence-electron chi connectivity index (χ0n) is 7.33. The summed E-state index contributed by atoms with van der Waals surface area (Å²) < 4.78 is 0. The minimum atomic E-state index is -0.471. The highest BCUT2D eigenvalue weighted by Crippen LogP contribution is 2.11. The van der Waals surface area contributed by atoms with E-state index in [-0.39, 0.29) is 17.5 Å². The van der Waals surface area contributed by atoms with Crippen LogP contribution in [0.25, 0.3) is 0 Å². The van der Waals surface area contributed by atoms with Crippen molar-refractivity contribution in [3.8, 4) is 0 Å². The molecule has 1 unspecified atom stereocenters. The first-order valence-electron chi connectivity index (χ1n) is 3.91. The zero-order valence-corrected chi connectivity index (χ0v) is 8.15. The average molecular weight is 176 g/mol. The number of carbonyl (C=O) groups is 1. The molecule has 0 aliphatic rings. The normalized spacial score (nSPS) is 13.5. The number of hydrogen-bond acceptors (Lipinski definition) is 3. The minimum Gasteiger partial charge on any atom is -0.392 e. The summed E-state index contributed by atoms with van der Waals surface area (Å²) in [7, 11) is 0. The van der Waals surface area contributed by atoms with Crippen molar-refractivity contribution < 1.29 is 9.90 Å². The van der Waals surface area contributed by atoms with Crippen molar-refractivity contribution in [2.75, 3.05) is 5.75 Å². The Morgan fingerprint density at radius 1 is 1.55 bits per heavy atom. The van der Waals surface area contributed by atoms with Gasteiger partial charge in [-0.25, -0.2) is 0 Å². The van der Waals surface area contributed by atoms with Crippen molar-refractivity contribution in [2.45, 2.75) is 33.3 Å². The number of aliphatic hydroxyl groups is 1. The number of rotatable bonds is 4. The lowest BCUT2D eigenvalue weighted by molar-refractivity contribution is -0.113. The highest BCUT2D eigenvalue weighted by Gasteiger charge is 2.13. The molecule has 66 valence electrons. The van der Waals surface area contributed by atoms with Crippen molar-refractivity contribution >= 4 is 16.9 Å². The van der Waals surface area contributed by atoms with Crippen molar-refractivity contribution in [2.24, 2.45) is 5.92 Å². The lowest BCUT2D eigenvalue weighted by atomic mass is 10.1. The van der Waals surface area contributed by atoms with E-state index in [2.05, 4.69) is 0 Å². The topological polar surface area (TPSA) is 37.3 Å². The second-order valence-electron chi connectivity index (χ2n) is 2.82. The molecule has 0 amide bonds. The minimum absolute atomic E-state index is 0.0914. The monoisotopic (exact) mass is 176 g/mol. The molecule has 2 nitrogen and oxygen atoms in total. The molecule has 1 atom stereocenters. The van der Waals surface area contributed by atoms with Gasteiger partial charge in [0.2, 0.25) is 0 Å². The summed E-state index contributed by atoms with van der Waals surface area (Å²) in [6.07, 6.45) is -0.183. The lowest BCUT2D eigenvalue weighted by Gasteiger charge is -2.12. The van der Waals surface area contributed by atoms with E-state index in [1.807, 2.05) is 20.8 Å². The molecule has 0 heterocycles. The van der Waals surface area contributed by atoms with Crippen molar-refractivity contribution in [1.82, 2.24) is 0 Å². The Hall–Kier alpha value is -0.0200. The second-order valence-corrected chi connectivity index (χ2v) is 4.14. The van der Waals surface area contributed by atoms with Crippen LogP contribution < -0.4 is 0 Å². The van der Waals surface area contributed by atoms with Gasteiger partial charge in [0.25, 0.3) is 0 Å². The molecule has 0 saturated heterocycles. The Balaban J connectivity index is 3.57. The third-order valence-corrected chi connectivity index (χ3v) is 2.23. The molecule has 0 fully saturated rings. The molecule has 0 aliphatic carbocycles. The van der Waals surface area contributed by atoms with Gasteiger partial charge in [0.1, 0.15) is 0 Å². The van der Waals surface area contributed by atoms with Crippen LogP contribution in [0.1, 0.15) is 27.2 Å². The maximum absolute atomic E-state index is 11.0. The van der Waals surface area contributed by atoms with Crippen LogP contribution in [0, 0.1) is 5.92 Å². The van der Waals surface area contributed by atoms with Gasteiger partial charge in [0, 0.05) is 6.42 Å². The third kappa shape index (κ3) is 5.27. The van der Waals surface area contributed by atoms with Crippen LogP contribution in [0.15, 0.2) is 0 Å². The van der Waals surface area contributed by atoms with E-state index in [0.29, 0.717) is 0 Å². The van der Waals surface area contributed by atoms with E-state index in [1.165, 1.54) is 11.8 Å². The molecule has 0 saturated carbocycles. The van der Waals surface area contributed by atoms with E-state index in [9.17, 15) is 9.90 Å². The summed E-state index contributed by atoms with van der Waals surface area (Å²) in [6.45, 7) is 5.76. The van der Waals surface area contributed by atoms with Crippen LogP contribution in [0.2, 0.25) is 0 Å². The van der Waals surface area contributed by atoms with Gasteiger partial charge in [-0.1, -0.05) is 32.5 Å². The van der Waals surface area contributed by atoms with Crippen LogP contribution >= 0.6 is 11.8 Å². The quantitative estimate of drug-likeness (QED) is 0.708. The first kappa shape index (κ1) is 11.0. The Morgan fingerprint density at radius 3 is 2.45 bits per heavy atom. The SMILES string of the molecule is CCSC(=O)CC(O)C(C)C. The van der Waals surface area contributed by atoms with Crippen LogP contribution in [0.5, 0.6) is 0 Å². The first-order chi connectivity index (χ1) is 5.07. The van der Waals surface area contributed by atoms with Gasteiger partial charge in [-0.3, -0.25) is 4.79 Å². The smallest absolute Gasteiger partial charge is 0.191 e. The largest absolute Gasteiger partial charge is 0.392 e. The fourth-order valence-corrected chi connectivity index (χ4v) is 1.24. The molecule has 1 N–H and O–H groups in total. The summed E-state index contributed by atoms with van der Waals surface area (Å²) in [5.74, 6) is 0.973. The number of hydrogen-bond donors (Lipinski definition) is 1. The predicted molar refractivity (Wildman–Crippen MR) is 48.6 cm³/mol. The van der Waals surface area contributed by atoms with E-state index in [4.69, 9.17) is 0 Å². The van der Waals surface area contributed by atoms with Crippen LogP contribution in [0.4, 0.5) is 0 Å². The van der Waals surface area contributed by atoms with Crippen molar-refractivity contribution in [1.29, 1.82) is 0 Å². The van der Waals surface area contributed by atoms with E-state index >= 15 is 0 Å². The molecule has 0 aromatic rings. The second kappa shape index (κ2) is 5.61. The molecule has 0 radical (unpaired) electrons. The van der Waals surface area contributed by atoms with Crippen LogP contribution in [-0.4, -0.2) is 22.1 Å². The van der Waals surface area contributed by atoms with Gasteiger partial charge in [-0.15, -0.1) is 0 Å². The molecular weight excluding hydrogens is 160 g/mol. The summed E-state index contributed by atoms with van der Waals surface area (Å²) in [5, 5.41) is 9.38. The van der Waals surface area contributed by atoms with Crippen molar-refractivity contribution in [3.05, 3.63) is 0 Å². The van der Waals surface area contributed by atoms with Gasteiger partial charge in [-0.2, -0.15) is 0 Å². The fourth-order valence-electron chi connectivity index (χ4n) is 0.626. The Bertz CT molecular complexity index is 123. The van der Waals surface area contributed by atoms with E-state index in [0.717, 1.165) is 5.75 Å². The van der Waals surface area contributed by atoms with Gasteiger partial charge in [-0.05, 0) is 11.7 Å². The van der Waals surface area contributed by atoms with Gasteiger partial charge < -0.3 is 5.11 Å². The average Bonchev–Trinajstić information content (AvgIpc) is 1.87. The summed E-state index contributed by atoms with van der Waals surface area (Å²) in [5.41, 5.74) is 0. The zero-order chi connectivity index (χ0) is 8.85. The summed E-state index contributed by atoms with van der Waals surface area (Å²) in [4.78, 5) is 11.0. The highest BCUT2D eigenvalue weighted by atomic mass is 32.2. The van der Waals surface area contributed by atoms with Gasteiger partial charge in [0.15, 0.2) is 5.12 Å². The Labute approximate surface area is 72.4 Å². The molecular formula is C8H16O2S. The Kier molecular flexibility index (Phi) is 5.60. The fraction of sp³-hybridized carbons (Fsp3) is 0.875. The van der Waals surface area contributed by atoms with E-state index in [1.54, 1.807) is 0 Å². The highest BCUT2D eigenvalue weighted by molar-refractivity contribution is 8.13. The molecule has 11 heavy (non-hydrogen) atoms. The maximum atomic E-state index is 11.0. The van der Waals surface area contributed by atoms with E-state index < -0.39 is 6.10 Å². The lowest BCUT2D eigenvalue weighted by Crippen LogP contribution is -2.17. The number of aliphatic hydroxyl groups excluding tert-OH is 1. The van der Waals surface area contributed by atoms with Crippen LogP contribution in [0.3, 0.4) is 0 Å². The molecule has 0 bridgehead atoms. The number of thioether (sulfide) groups is 1. The predicted octanol–water partition coefficient (Wildman–Crippen LogP) is 1.67.